The first-order chi connectivity index (χ1) is 7.70. The average molecular weight is 216 g/mol. The first kappa shape index (κ1) is 12.7. The summed E-state index contributed by atoms with van der Waals surface area (Å²) in [6.07, 6.45) is 1.65. The van der Waals surface area contributed by atoms with E-state index in [0.29, 0.717) is 12.5 Å². The smallest absolute Gasteiger partial charge is 0.0641 e. The van der Waals surface area contributed by atoms with E-state index >= 15 is 0 Å². The molecule has 0 heterocycles. The molecule has 0 aliphatic rings. The SMILES string of the molecule is CCC(C)N(C)C(CC#N)c1ccccc1. The summed E-state index contributed by atoms with van der Waals surface area (Å²) < 4.78 is 0. The molecule has 0 bridgehead atoms. The largest absolute Gasteiger partial charge is 0.296 e. The molecule has 0 saturated heterocycles. The maximum atomic E-state index is 8.92. The summed E-state index contributed by atoms with van der Waals surface area (Å²) in [7, 11) is 2.10. The standard InChI is InChI=1S/C14H20N2/c1-4-12(2)16(3)14(10-11-15)13-8-6-5-7-9-13/h5-9,12,14H,4,10H2,1-3H3. The predicted molar refractivity (Wildman–Crippen MR) is 66.9 cm³/mol. The molecular weight excluding hydrogens is 196 g/mol. The lowest BCUT2D eigenvalue weighted by molar-refractivity contribution is 0.182. The van der Waals surface area contributed by atoms with Crippen LogP contribution in [0.2, 0.25) is 0 Å². The lowest BCUT2D eigenvalue weighted by Crippen LogP contribution is -2.32. The van der Waals surface area contributed by atoms with Crippen molar-refractivity contribution in [2.75, 3.05) is 7.05 Å². The summed E-state index contributed by atoms with van der Waals surface area (Å²) in [6, 6.07) is 13.3. The van der Waals surface area contributed by atoms with Gasteiger partial charge in [-0.2, -0.15) is 5.26 Å². The van der Waals surface area contributed by atoms with E-state index in [2.05, 4.69) is 44.0 Å². The van der Waals surface area contributed by atoms with Gasteiger partial charge in [-0.25, -0.2) is 0 Å². The van der Waals surface area contributed by atoms with Gasteiger partial charge in [0.2, 0.25) is 0 Å². The Hall–Kier alpha value is -1.33. The van der Waals surface area contributed by atoms with Crippen molar-refractivity contribution in [2.45, 2.75) is 38.8 Å². The summed E-state index contributed by atoms with van der Waals surface area (Å²) in [5.41, 5.74) is 1.23. The minimum absolute atomic E-state index is 0.209. The summed E-state index contributed by atoms with van der Waals surface area (Å²) in [4.78, 5) is 2.29. The monoisotopic (exact) mass is 216 g/mol. The molecule has 2 unspecified atom stereocenters. The van der Waals surface area contributed by atoms with Crippen molar-refractivity contribution >= 4 is 0 Å². The fourth-order valence-corrected chi connectivity index (χ4v) is 1.85. The molecule has 86 valence electrons. The Balaban J connectivity index is 2.88. The zero-order chi connectivity index (χ0) is 12.0. The molecule has 2 heteroatoms. The predicted octanol–water partition coefficient (Wildman–Crippen LogP) is 3.37. The highest BCUT2D eigenvalue weighted by Gasteiger charge is 2.19. The molecule has 0 radical (unpaired) electrons. The van der Waals surface area contributed by atoms with Crippen molar-refractivity contribution in [3.05, 3.63) is 35.9 Å². The normalized spacial score (nSPS) is 14.4. The van der Waals surface area contributed by atoms with Crippen LogP contribution in [0.5, 0.6) is 0 Å². The van der Waals surface area contributed by atoms with Crippen LogP contribution in [-0.2, 0) is 0 Å². The minimum Gasteiger partial charge on any atom is -0.296 e. The molecule has 1 rings (SSSR count). The van der Waals surface area contributed by atoms with Crippen LogP contribution in [-0.4, -0.2) is 18.0 Å². The Morgan fingerprint density at radius 1 is 1.31 bits per heavy atom. The van der Waals surface area contributed by atoms with Crippen LogP contribution in [0.25, 0.3) is 0 Å². The molecule has 1 aromatic carbocycles. The van der Waals surface area contributed by atoms with Gasteiger partial charge >= 0.3 is 0 Å². The van der Waals surface area contributed by atoms with E-state index in [0.717, 1.165) is 6.42 Å². The molecule has 0 amide bonds. The zero-order valence-corrected chi connectivity index (χ0v) is 10.4. The van der Waals surface area contributed by atoms with Crippen LogP contribution in [0, 0.1) is 11.3 Å². The number of hydrogen-bond acceptors (Lipinski definition) is 2. The first-order valence-corrected chi connectivity index (χ1v) is 5.84. The van der Waals surface area contributed by atoms with Gasteiger partial charge in [-0.1, -0.05) is 37.3 Å². The van der Waals surface area contributed by atoms with Gasteiger partial charge in [0.1, 0.15) is 0 Å². The van der Waals surface area contributed by atoms with Gasteiger partial charge in [0, 0.05) is 12.1 Å². The van der Waals surface area contributed by atoms with Crippen molar-refractivity contribution in [1.29, 1.82) is 5.26 Å². The molecule has 0 aromatic heterocycles. The van der Waals surface area contributed by atoms with Crippen molar-refractivity contribution in [1.82, 2.24) is 4.90 Å². The molecule has 0 N–H and O–H groups in total. The van der Waals surface area contributed by atoms with E-state index in [1.807, 2.05) is 18.2 Å². The van der Waals surface area contributed by atoms with E-state index in [-0.39, 0.29) is 6.04 Å². The molecule has 0 aliphatic carbocycles. The van der Waals surface area contributed by atoms with Crippen LogP contribution in [0.15, 0.2) is 30.3 Å². The average Bonchev–Trinajstić information content (AvgIpc) is 2.35. The number of rotatable bonds is 5. The van der Waals surface area contributed by atoms with E-state index in [9.17, 15) is 0 Å². The van der Waals surface area contributed by atoms with Crippen molar-refractivity contribution in [3.8, 4) is 6.07 Å². The summed E-state index contributed by atoms with van der Waals surface area (Å²) in [5, 5.41) is 8.92. The third-order valence-electron chi connectivity index (χ3n) is 3.25. The van der Waals surface area contributed by atoms with Crippen LogP contribution >= 0.6 is 0 Å². The van der Waals surface area contributed by atoms with E-state index < -0.39 is 0 Å². The van der Waals surface area contributed by atoms with Crippen LogP contribution in [0.3, 0.4) is 0 Å². The number of nitrogens with zero attached hydrogens (tertiary/aromatic N) is 2. The van der Waals surface area contributed by atoms with Crippen LogP contribution in [0.4, 0.5) is 0 Å². The highest BCUT2D eigenvalue weighted by atomic mass is 15.2. The molecule has 2 atom stereocenters. The second kappa shape index (κ2) is 6.30. The van der Waals surface area contributed by atoms with Crippen molar-refractivity contribution in [3.63, 3.8) is 0 Å². The van der Waals surface area contributed by atoms with Gasteiger partial charge < -0.3 is 0 Å². The molecule has 0 spiro atoms. The quantitative estimate of drug-likeness (QED) is 0.754. The van der Waals surface area contributed by atoms with Gasteiger partial charge in [0.25, 0.3) is 0 Å². The lowest BCUT2D eigenvalue weighted by Gasteiger charge is -2.31. The molecule has 16 heavy (non-hydrogen) atoms. The van der Waals surface area contributed by atoms with Gasteiger partial charge in [0.05, 0.1) is 12.5 Å². The first-order valence-electron chi connectivity index (χ1n) is 5.84. The third kappa shape index (κ3) is 3.08. The van der Waals surface area contributed by atoms with Gasteiger partial charge in [0.15, 0.2) is 0 Å². The van der Waals surface area contributed by atoms with E-state index in [1.165, 1.54) is 5.56 Å². The van der Waals surface area contributed by atoms with Gasteiger partial charge in [-0.15, -0.1) is 0 Å². The zero-order valence-electron chi connectivity index (χ0n) is 10.4. The van der Waals surface area contributed by atoms with Crippen LogP contribution < -0.4 is 0 Å². The molecule has 0 fully saturated rings. The third-order valence-corrected chi connectivity index (χ3v) is 3.25. The Kier molecular flexibility index (Phi) is 5.01. The Morgan fingerprint density at radius 3 is 2.44 bits per heavy atom. The maximum absolute atomic E-state index is 8.92. The highest BCUT2D eigenvalue weighted by molar-refractivity contribution is 5.20. The lowest BCUT2D eigenvalue weighted by atomic mass is 10.0. The number of hydrogen-bond donors (Lipinski definition) is 0. The summed E-state index contributed by atoms with van der Waals surface area (Å²) in [5.74, 6) is 0. The molecule has 2 nitrogen and oxygen atoms in total. The molecule has 1 aromatic rings. The second-order valence-electron chi connectivity index (χ2n) is 4.21. The molecular formula is C14H20N2. The summed E-state index contributed by atoms with van der Waals surface area (Å²) >= 11 is 0. The second-order valence-corrected chi connectivity index (χ2v) is 4.21. The maximum Gasteiger partial charge on any atom is 0.0641 e. The highest BCUT2D eigenvalue weighted by Crippen LogP contribution is 2.25. The topological polar surface area (TPSA) is 27.0 Å². The number of nitriles is 1. The Bertz CT molecular complexity index is 340. The van der Waals surface area contributed by atoms with Gasteiger partial charge in [-0.3, -0.25) is 4.90 Å². The minimum atomic E-state index is 0.209. The van der Waals surface area contributed by atoms with E-state index in [4.69, 9.17) is 5.26 Å². The van der Waals surface area contributed by atoms with Crippen LogP contribution in [0.1, 0.15) is 38.3 Å². The number of benzene rings is 1. The Morgan fingerprint density at radius 2 is 1.94 bits per heavy atom. The fraction of sp³-hybridized carbons (Fsp3) is 0.500. The van der Waals surface area contributed by atoms with Gasteiger partial charge in [-0.05, 0) is 26.0 Å². The van der Waals surface area contributed by atoms with E-state index in [1.54, 1.807) is 0 Å². The summed E-state index contributed by atoms with van der Waals surface area (Å²) in [6.45, 7) is 4.38. The fourth-order valence-electron chi connectivity index (χ4n) is 1.85. The Labute approximate surface area is 98.5 Å². The van der Waals surface area contributed by atoms with Crippen molar-refractivity contribution in [2.24, 2.45) is 0 Å². The molecule has 0 saturated carbocycles. The van der Waals surface area contributed by atoms with Crippen molar-refractivity contribution < 1.29 is 0 Å². The molecule has 0 aliphatic heterocycles.